The average Bonchev–Trinajstić information content (AvgIpc) is 2.56. The van der Waals surface area contributed by atoms with Crippen LogP contribution in [0, 0.1) is 0 Å². The number of amides is 1. The van der Waals surface area contributed by atoms with Crippen LogP contribution in [0.1, 0.15) is 6.92 Å². The van der Waals surface area contributed by atoms with Gasteiger partial charge < -0.3 is 14.8 Å². The fourth-order valence-corrected chi connectivity index (χ4v) is 2.42. The van der Waals surface area contributed by atoms with E-state index in [0.717, 1.165) is 0 Å². The minimum Gasteiger partial charge on any atom is -0.493 e. The second kappa shape index (κ2) is 8.54. The van der Waals surface area contributed by atoms with Crippen molar-refractivity contribution in [2.45, 2.75) is 23.7 Å². The number of alkyl halides is 2. The van der Waals surface area contributed by atoms with Gasteiger partial charge in [-0.25, -0.2) is 0 Å². The standard InChI is InChI=1S/C17H17F2NO3S/c1-11(23-15-6-4-3-5-14(15)22-2)16(21)20-12-7-9-13(10-8-12)24-17(18)19/h3-11,17H,1-2H3,(H,20,21)/t11-/m0/s1. The summed E-state index contributed by atoms with van der Waals surface area (Å²) in [4.78, 5) is 12.6. The zero-order valence-electron chi connectivity index (χ0n) is 13.2. The van der Waals surface area contributed by atoms with E-state index < -0.39 is 11.9 Å². The van der Waals surface area contributed by atoms with E-state index in [1.54, 1.807) is 43.3 Å². The maximum Gasteiger partial charge on any atom is 0.288 e. The molecule has 0 saturated carbocycles. The molecule has 0 aliphatic heterocycles. The second-order valence-electron chi connectivity index (χ2n) is 4.80. The summed E-state index contributed by atoms with van der Waals surface area (Å²) in [5.41, 5.74) is 0.508. The number of hydrogen-bond donors (Lipinski definition) is 1. The Hall–Kier alpha value is -2.28. The number of nitrogens with one attached hydrogen (secondary N) is 1. The smallest absolute Gasteiger partial charge is 0.288 e. The van der Waals surface area contributed by atoms with Crippen molar-refractivity contribution in [2.24, 2.45) is 0 Å². The lowest BCUT2D eigenvalue weighted by molar-refractivity contribution is -0.122. The largest absolute Gasteiger partial charge is 0.493 e. The van der Waals surface area contributed by atoms with Gasteiger partial charge in [-0.05, 0) is 43.3 Å². The van der Waals surface area contributed by atoms with Gasteiger partial charge in [0.1, 0.15) is 0 Å². The summed E-state index contributed by atoms with van der Waals surface area (Å²) in [5, 5.41) is 2.68. The fraction of sp³-hybridized carbons (Fsp3) is 0.235. The summed E-state index contributed by atoms with van der Waals surface area (Å²) in [7, 11) is 1.52. The number of hydrogen-bond acceptors (Lipinski definition) is 4. The van der Waals surface area contributed by atoms with Crippen molar-refractivity contribution in [1.82, 2.24) is 0 Å². The predicted octanol–water partition coefficient (Wildman–Crippen LogP) is 4.42. The lowest BCUT2D eigenvalue weighted by atomic mass is 10.3. The van der Waals surface area contributed by atoms with Crippen LogP contribution in [0.5, 0.6) is 11.5 Å². The van der Waals surface area contributed by atoms with Crippen molar-refractivity contribution in [1.29, 1.82) is 0 Å². The molecule has 0 aliphatic carbocycles. The molecule has 0 spiro atoms. The highest BCUT2D eigenvalue weighted by Crippen LogP contribution is 2.28. The van der Waals surface area contributed by atoms with Gasteiger partial charge >= 0.3 is 0 Å². The highest BCUT2D eigenvalue weighted by atomic mass is 32.2. The molecule has 2 aromatic carbocycles. The Bertz CT molecular complexity index is 680. The summed E-state index contributed by atoms with van der Waals surface area (Å²) < 4.78 is 35.3. The number of carbonyl (C=O) groups excluding carboxylic acids is 1. The van der Waals surface area contributed by atoms with Gasteiger partial charge in [0.05, 0.1) is 7.11 Å². The normalized spacial score (nSPS) is 11.9. The lowest BCUT2D eigenvalue weighted by Crippen LogP contribution is -2.30. The van der Waals surface area contributed by atoms with Gasteiger partial charge in [-0.2, -0.15) is 8.78 Å². The Morgan fingerprint density at radius 3 is 2.29 bits per heavy atom. The lowest BCUT2D eigenvalue weighted by Gasteiger charge is -2.16. The molecule has 0 saturated heterocycles. The number of benzene rings is 2. The van der Waals surface area contributed by atoms with Gasteiger partial charge in [-0.3, -0.25) is 4.79 Å². The third kappa shape index (κ3) is 5.13. The number of para-hydroxylation sites is 2. The van der Waals surface area contributed by atoms with Crippen LogP contribution >= 0.6 is 11.8 Å². The average molecular weight is 353 g/mol. The van der Waals surface area contributed by atoms with Crippen LogP contribution in [-0.2, 0) is 4.79 Å². The van der Waals surface area contributed by atoms with Crippen LogP contribution in [0.15, 0.2) is 53.4 Å². The van der Waals surface area contributed by atoms with Crippen LogP contribution in [0.4, 0.5) is 14.5 Å². The zero-order valence-corrected chi connectivity index (χ0v) is 14.0. The van der Waals surface area contributed by atoms with Crippen molar-refractivity contribution in [3.8, 4) is 11.5 Å². The SMILES string of the molecule is COc1ccccc1O[C@@H](C)C(=O)Nc1ccc(SC(F)F)cc1. The van der Waals surface area contributed by atoms with Crippen LogP contribution in [0.25, 0.3) is 0 Å². The van der Waals surface area contributed by atoms with E-state index in [9.17, 15) is 13.6 Å². The van der Waals surface area contributed by atoms with E-state index in [1.165, 1.54) is 19.2 Å². The molecule has 24 heavy (non-hydrogen) atoms. The molecule has 1 amide bonds. The van der Waals surface area contributed by atoms with E-state index in [2.05, 4.69) is 5.32 Å². The van der Waals surface area contributed by atoms with Crippen LogP contribution in [0.3, 0.4) is 0 Å². The van der Waals surface area contributed by atoms with Crippen molar-refractivity contribution >= 4 is 23.4 Å². The van der Waals surface area contributed by atoms with Gasteiger partial charge in [-0.1, -0.05) is 23.9 Å². The van der Waals surface area contributed by atoms with E-state index in [1.807, 2.05) is 0 Å². The topological polar surface area (TPSA) is 47.6 Å². The number of methoxy groups -OCH3 is 1. The Morgan fingerprint density at radius 1 is 1.08 bits per heavy atom. The number of halogens is 2. The maximum atomic E-state index is 12.3. The van der Waals surface area contributed by atoms with Gasteiger partial charge in [0.2, 0.25) is 0 Å². The number of rotatable bonds is 7. The van der Waals surface area contributed by atoms with Gasteiger partial charge in [0.25, 0.3) is 11.7 Å². The molecule has 0 unspecified atom stereocenters. The van der Waals surface area contributed by atoms with Gasteiger partial charge in [-0.15, -0.1) is 0 Å². The molecule has 4 nitrogen and oxygen atoms in total. The summed E-state index contributed by atoms with van der Waals surface area (Å²) in [5.74, 6) is -1.83. The number of ether oxygens (including phenoxy) is 2. The Labute approximate surface area is 143 Å². The highest BCUT2D eigenvalue weighted by Gasteiger charge is 2.17. The molecule has 0 aromatic heterocycles. The quantitative estimate of drug-likeness (QED) is 0.749. The first-order chi connectivity index (χ1) is 11.5. The first-order valence-electron chi connectivity index (χ1n) is 7.15. The fourth-order valence-electron chi connectivity index (χ4n) is 1.92. The summed E-state index contributed by atoms with van der Waals surface area (Å²) in [6.45, 7) is 1.61. The highest BCUT2D eigenvalue weighted by molar-refractivity contribution is 7.99. The molecule has 0 aliphatic rings. The summed E-state index contributed by atoms with van der Waals surface area (Å²) in [6.07, 6.45) is -0.753. The van der Waals surface area contributed by atoms with Crippen LogP contribution in [-0.4, -0.2) is 24.9 Å². The van der Waals surface area contributed by atoms with Crippen LogP contribution in [0.2, 0.25) is 0 Å². The van der Waals surface area contributed by atoms with Crippen molar-refractivity contribution in [3.05, 3.63) is 48.5 Å². The van der Waals surface area contributed by atoms with E-state index >= 15 is 0 Å². The predicted molar refractivity (Wildman–Crippen MR) is 90.0 cm³/mol. The van der Waals surface area contributed by atoms with Crippen molar-refractivity contribution in [3.63, 3.8) is 0 Å². The second-order valence-corrected chi connectivity index (χ2v) is 5.87. The van der Waals surface area contributed by atoms with Gasteiger partial charge in [0, 0.05) is 10.6 Å². The Kier molecular flexibility index (Phi) is 6.43. The molecule has 0 radical (unpaired) electrons. The maximum absolute atomic E-state index is 12.3. The molecule has 0 fully saturated rings. The Morgan fingerprint density at radius 2 is 1.71 bits per heavy atom. The summed E-state index contributed by atoms with van der Waals surface area (Å²) >= 11 is 0.454. The first-order valence-corrected chi connectivity index (χ1v) is 8.03. The molecular formula is C17H17F2NO3S. The zero-order chi connectivity index (χ0) is 17.5. The third-order valence-corrected chi connectivity index (χ3v) is 3.81. The minimum absolute atomic E-state index is 0.352. The molecular weight excluding hydrogens is 336 g/mol. The molecule has 1 N–H and O–H groups in total. The van der Waals surface area contributed by atoms with Crippen LogP contribution < -0.4 is 14.8 Å². The van der Waals surface area contributed by atoms with E-state index in [0.29, 0.717) is 33.8 Å². The number of anilines is 1. The molecule has 2 rings (SSSR count). The molecule has 128 valence electrons. The van der Waals surface area contributed by atoms with Crippen molar-refractivity contribution in [2.75, 3.05) is 12.4 Å². The number of carbonyl (C=O) groups is 1. The molecule has 7 heteroatoms. The van der Waals surface area contributed by atoms with Crippen molar-refractivity contribution < 1.29 is 23.0 Å². The first kappa shape index (κ1) is 18.1. The molecule has 0 bridgehead atoms. The Balaban J connectivity index is 1.96. The molecule has 0 heterocycles. The summed E-state index contributed by atoms with van der Waals surface area (Å²) in [6, 6.07) is 13.2. The minimum atomic E-state index is -2.47. The monoisotopic (exact) mass is 353 g/mol. The number of thioether (sulfide) groups is 1. The molecule has 2 aromatic rings. The van der Waals surface area contributed by atoms with E-state index in [-0.39, 0.29) is 5.91 Å². The van der Waals surface area contributed by atoms with Gasteiger partial charge in [0.15, 0.2) is 17.6 Å². The molecule has 1 atom stereocenters. The van der Waals surface area contributed by atoms with E-state index in [4.69, 9.17) is 9.47 Å². The third-order valence-electron chi connectivity index (χ3n) is 3.09.